The van der Waals surface area contributed by atoms with E-state index in [1.807, 2.05) is 37.3 Å². The summed E-state index contributed by atoms with van der Waals surface area (Å²) in [6, 6.07) is 14.8. The Morgan fingerprint density at radius 2 is 1.70 bits per heavy atom. The Morgan fingerprint density at radius 1 is 1.00 bits per heavy atom. The SMILES string of the molecule is Cc1ccccc1NC(=O)C=Cc1cccc(N2C(=O)C3C4C=CC(C4)C3C2=O)c1. The summed E-state index contributed by atoms with van der Waals surface area (Å²) in [5, 5.41) is 2.86. The minimum atomic E-state index is -0.236. The number of fused-ring (bicyclic) bond motifs is 5. The summed E-state index contributed by atoms with van der Waals surface area (Å²) in [5.41, 5.74) is 3.08. The van der Waals surface area contributed by atoms with E-state index < -0.39 is 0 Å². The van der Waals surface area contributed by atoms with Crippen molar-refractivity contribution in [3.8, 4) is 0 Å². The van der Waals surface area contributed by atoms with Gasteiger partial charge in [0.05, 0.1) is 17.5 Å². The lowest BCUT2D eigenvalue weighted by Crippen LogP contribution is -2.32. The first kappa shape index (κ1) is 18.6. The molecule has 4 unspecified atom stereocenters. The summed E-state index contributed by atoms with van der Waals surface area (Å²) in [5.74, 6) is -0.483. The summed E-state index contributed by atoms with van der Waals surface area (Å²) >= 11 is 0. The molecular weight excluding hydrogens is 376 g/mol. The highest BCUT2D eigenvalue weighted by atomic mass is 16.2. The third-order valence-corrected chi connectivity index (χ3v) is 6.43. The lowest BCUT2D eigenvalue weighted by Gasteiger charge is -2.17. The maximum absolute atomic E-state index is 13.0. The zero-order valence-electron chi connectivity index (χ0n) is 16.6. The van der Waals surface area contributed by atoms with Crippen molar-refractivity contribution in [1.82, 2.24) is 0 Å². The van der Waals surface area contributed by atoms with Gasteiger partial charge in [-0.2, -0.15) is 0 Å². The standard InChI is InChI=1S/C25H22N2O3/c1-15-5-2-3-8-20(15)26-21(28)12-9-16-6-4-7-19(13-16)27-24(29)22-17-10-11-18(14-17)23(22)25(27)30/h2-13,17-18,22-23H,14H2,1H3,(H,26,28). The number of rotatable bonds is 4. The highest BCUT2D eigenvalue weighted by Gasteiger charge is 2.59. The average molecular weight is 398 g/mol. The molecule has 5 rings (SSSR count). The Morgan fingerprint density at radius 3 is 2.40 bits per heavy atom. The largest absolute Gasteiger partial charge is 0.322 e. The minimum absolute atomic E-state index is 0.0970. The van der Waals surface area contributed by atoms with Crippen molar-refractivity contribution in [1.29, 1.82) is 0 Å². The normalized spacial score (nSPS) is 26.6. The topological polar surface area (TPSA) is 66.5 Å². The number of nitrogens with zero attached hydrogens (tertiary/aromatic N) is 1. The molecule has 4 atom stereocenters. The van der Waals surface area contributed by atoms with Crippen molar-refractivity contribution in [2.45, 2.75) is 13.3 Å². The Balaban J connectivity index is 1.33. The molecule has 5 heteroatoms. The predicted molar refractivity (Wildman–Crippen MR) is 115 cm³/mol. The second kappa shape index (κ2) is 7.10. The van der Waals surface area contributed by atoms with Gasteiger partial charge in [0.2, 0.25) is 17.7 Å². The molecule has 1 saturated carbocycles. The van der Waals surface area contributed by atoms with E-state index in [2.05, 4.69) is 17.5 Å². The lowest BCUT2D eigenvalue weighted by molar-refractivity contribution is -0.123. The molecule has 1 saturated heterocycles. The van der Waals surface area contributed by atoms with Gasteiger partial charge < -0.3 is 5.32 Å². The number of aryl methyl sites for hydroxylation is 1. The summed E-state index contributed by atoms with van der Waals surface area (Å²) in [6.07, 6.45) is 8.24. The van der Waals surface area contributed by atoms with Crippen LogP contribution in [0.15, 0.2) is 66.8 Å². The number of para-hydroxylation sites is 1. The second-order valence-corrected chi connectivity index (χ2v) is 8.24. The summed E-state index contributed by atoms with van der Waals surface area (Å²) < 4.78 is 0. The maximum Gasteiger partial charge on any atom is 0.248 e. The minimum Gasteiger partial charge on any atom is -0.322 e. The van der Waals surface area contributed by atoms with Gasteiger partial charge >= 0.3 is 0 Å². The number of hydrogen-bond donors (Lipinski definition) is 1. The van der Waals surface area contributed by atoms with Gasteiger partial charge in [0.15, 0.2) is 0 Å². The molecule has 30 heavy (non-hydrogen) atoms. The van der Waals surface area contributed by atoms with E-state index in [-0.39, 0.29) is 41.4 Å². The number of carbonyl (C=O) groups is 3. The first-order valence-corrected chi connectivity index (χ1v) is 10.2. The van der Waals surface area contributed by atoms with E-state index in [4.69, 9.17) is 0 Å². The van der Waals surface area contributed by atoms with Crippen LogP contribution in [0.4, 0.5) is 11.4 Å². The van der Waals surface area contributed by atoms with Gasteiger partial charge in [-0.15, -0.1) is 0 Å². The molecule has 2 aromatic rings. The highest BCUT2D eigenvalue weighted by molar-refractivity contribution is 6.22. The molecule has 0 aromatic heterocycles. The van der Waals surface area contributed by atoms with Gasteiger partial charge in [-0.3, -0.25) is 14.4 Å². The predicted octanol–water partition coefficient (Wildman–Crippen LogP) is 3.96. The number of nitrogens with one attached hydrogen (secondary N) is 1. The number of allylic oxidation sites excluding steroid dienone is 2. The monoisotopic (exact) mass is 398 g/mol. The molecule has 3 aliphatic rings. The van der Waals surface area contributed by atoms with E-state index in [1.54, 1.807) is 24.3 Å². The number of anilines is 2. The van der Waals surface area contributed by atoms with Crippen molar-refractivity contribution < 1.29 is 14.4 Å². The van der Waals surface area contributed by atoms with Crippen molar-refractivity contribution in [2.24, 2.45) is 23.7 Å². The molecule has 2 fully saturated rings. The Hall–Kier alpha value is -3.47. The number of benzene rings is 2. The lowest BCUT2D eigenvalue weighted by atomic mass is 9.85. The van der Waals surface area contributed by atoms with Gasteiger partial charge in [-0.25, -0.2) is 4.90 Å². The second-order valence-electron chi connectivity index (χ2n) is 8.24. The van der Waals surface area contributed by atoms with E-state index in [9.17, 15) is 14.4 Å². The van der Waals surface area contributed by atoms with Gasteiger partial charge in [-0.05, 0) is 60.6 Å². The Bertz CT molecular complexity index is 1090. The zero-order chi connectivity index (χ0) is 20.8. The first-order chi connectivity index (χ1) is 14.5. The molecule has 3 amide bonds. The maximum atomic E-state index is 13.0. The highest BCUT2D eigenvalue weighted by Crippen LogP contribution is 2.53. The van der Waals surface area contributed by atoms with Crippen LogP contribution in [0, 0.1) is 30.6 Å². The van der Waals surface area contributed by atoms with Crippen LogP contribution in [0.5, 0.6) is 0 Å². The van der Waals surface area contributed by atoms with Crippen LogP contribution in [0.1, 0.15) is 17.5 Å². The first-order valence-electron chi connectivity index (χ1n) is 10.2. The Labute approximate surface area is 175 Å². The molecule has 150 valence electrons. The van der Waals surface area contributed by atoms with Crippen molar-refractivity contribution >= 4 is 35.2 Å². The molecule has 2 aromatic carbocycles. The van der Waals surface area contributed by atoms with E-state index >= 15 is 0 Å². The van der Waals surface area contributed by atoms with Crippen LogP contribution in [-0.2, 0) is 14.4 Å². The third kappa shape index (κ3) is 2.98. The van der Waals surface area contributed by atoms with Crippen LogP contribution in [0.25, 0.3) is 6.08 Å². The quantitative estimate of drug-likeness (QED) is 0.482. The summed E-state index contributed by atoms with van der Waals surface area (Å²) in [7, 11) is 0. The van der Waals surface area contributed by atoms with E-state index in [0.717, 1.165) is 23.2 Å². The molecule has 5 nitrogen and oxygen atoms in total. The molecule has 2 aliphatic carbocycles. The van der Waals surface area contributed by atoms with Crippen molar-refractivity contribution in [2.75, 3.05) is 10.2 Å². The number of imide groups is 1. The van der Waals surface area contributed by atoms with E-state index in [0.29, 0.717) is 5.69 Å². The zero-order valence-corrected chi connectivity index (χ0v) is 16.6. The van der Waals surface area contributed by atoms with Crippen LogP contribution >= 0.6 is 0 Å². The number of carbonyl (C=O) groups excluding carboxylic acids is 3. The molecule has 1 aliphatic heterocycles. The smallest absolute Gasteiger partial charge is 0.248 e. The third-order valence-electron chi connectivity index (χ3n) is 6.43. The van der Waals surface area contributed by atoms with Crippen molar-refractivity contribution in [3.05, 3.63) is 77.9 Å². The van der Waals surface area contributed by atoms with Gasteiger partial charge in [0.1, 0.15) is 0 Å². The fraction of sp³-hybridized carbons (Fsp3) is 0.240. The van der Waals surface area contributed by atoms with Gasteiger partial charge in [0.25, 0.3) is 0 Å². The number of hydrogen-bond acceptors (Lipinski definition) is 3. The molecular formula is C25H22N2O3. The summed E-state index contributed by atoms with van der Waals surface area (Å²) in [4.78, 5) is 39.6. The summed E-state index contributed by atoms with van der Waals surface area (Å²) in [6.45, 7) is 1.93. The number of amides is 3. The van der Waals surface area contributed by atoms with Crippen LogP contribution in [0.3, 0.4) is 0 Å². The fourth-order valence-corrected chi connectivity index (χ4v) is 4.98. The molecule has 1 N–H and O–H groups in total. The van der Waals surface area contributed by atoms with Crippen LogP contribution in [0.2, 0.25) is 0 Å². The van der Waals surface area contributed by atoms with Crippen LogP contribution in [-0.4, -0.2) is 17.7 Å². The van der Waals surface area contributed by atoms with Gasteiger partial charge in [0, 0.05) is 11.8 Å². The van der Waals surface area contributed by atoms with Crippen LogP contribution < -0.4 is 10.2 Å². The van der Waals surface area contributed by atoms with Crippen molar-refractivity contribution in [3.63, 3.8) is 0 Å². The van der Waals surface area contributed by atoms with Gasteiger partial charge in [-0.1, -0.05) is 42.5 Å². The molecule has 1 heterocycles. The molecule has 0 radical (unpaired) electrons. The fourth-order valence-electron chi connectivity index (χ4n) is 4.98. The van der Waals surface area contributed by atoms with E-state index in [1.165, 1.54) is 11.0 Å². The Kier molecular flexibility index (Phi) is 4.39. The molecule has 2 bridgehead atoms. The average Bonchev–Trinajstić information content (AvgIpc) is 3.42. The molecule has 0 spiro atoms.